The van der Waals surface area contributed by atoms with E-state index in [-0.39, 0.29) is 24.0 Å². The van der Waals surface area contributed by atoms with Crippen molar-refractivity contribution in [3.63, 3.8) is 0 Å². The summed E-state index contributed by atoms with van der Waals surface area (Å²) in [6.45, 7) is 1.07. The third kappa shape index (κ3) is 5.47. The number of imide groups is 1. The van der Waals surface area contributed by atoms with Crippen molar-refractivity contribution >= 4 is 17.7 Å². The van der Waals surface area contributed by atoms with Crippen LogP contribution in [0.15, 0.2) is 42.5 Å². The van der Waals surface area contributed by atoms with Crippen molar-refractivity contribution in [2.45, 2.75) is 39.3 Å². The highest BCUT2D eigenvalue weighted by Gasteiger charge is 2.42. The van der Waals surface area contributed by atoms with Gasteiger partial charge >= 0.3 is 6.61 Å². The van der Waals surface area contributed by atoms with E-state index in [9.17, 15) is 23.2 Å². The van der Waals surface area contributed by atoms with Gasteiger partial charge < -0.3 is 14.8 Å². The van der Waals surface area contributed by atoms with Gasteiger partial charge in [0, 0.05) is 6.54 Å². The average Bonchev–Trinajstić information content (AvgIpc) is 3.02. The molecule has 0 radical (unpaired) electrons. The number of carbonyl (C=O) groups is 3. The van der Waals surface area contributed by atoms with Gasteiger partial charge in [-0.3, -0.25) is 19.3 Å². The molecule has 3 rings (SSSR count). The van der Waals surface area contributed by atoms with Crippen LogP contribution < -0.4 is 14.8 Å². The van der Waals surface area contributed by atoms with E-state index in [1.54, 1.807) is 36.4 Å². The summed E-state index contributed by atoms with van der Waals surface area (Å²) in [4.78, 5) is 39.8. The maximum Gasteiger partial charge on any atom is 0.387 e. The van der Waals surface area contributed by atoms with Gasteiger partial charge in [0.2, 0.25) is 5.91 Å². The van der Waals surface area contributed by atoms with Crippen molar-refractivity contribution < 1.29 is 32.6 Å². The number of ether oxygens (including phenoxy) is 2. The van der Waals surface area contributed by atoms with Crippen molar-refractivity contribution in [2.24, 2.45) is 5.92 Å². The molecule has 1 N–H and O–H groups in total. The van der Waals surface area contributed by atoms with Crippen molar-refractivity contribution in [2.75, 3.05) is 13.7 Å². The van der Waals surface area contributed by atoms with Gasteiger partial charge in [0.25, 0.3) is 11.8 Å². The van der Waals surface area contributed by atoms with E-state index in [1.165, 1.54) is 13.2 Å². The third-order valence-electron chi connectivity index (χ3n) is 5.29. The van der Waals surface area contributed by atoms with Crippen LogP contribution in [0.3, 0.4) is 0 Å². The lowest BCUT2D eigenvalue weighted by atomic mass is 10.0. The number of fused-ring (bicyclic) bond motifs is 1. The molecule has 0 aliphatic carbocycles. The molecule has 7 nitrogen and oxygen atoms in total. The SMILES string of the molecule is COc1cc(CCNC(=O)[C@H](CC(C)C)N2C(=O)c3ccccc3C2=O)ccc1OC(F)F. The summed E-state index contributed by atoms with van der Waals surface area (Å²) in [5.74, 6) is -1.24. The van der Waals surface area contributed by atoms with Gasteiger partial charge in [-0.15, -0.1) is 0 Å². The second-order valence-corrected chi connectivity index (χ2v) is 8.08. The minimum absolute atomic E-state index is 0.0664. The molecule has 1 heterocycles. The molecule has 0 fully saturated rings. The summed E-state index contributed by atoms with van der Waals surface area (Å²) in [7, 11) is 1.35. The van der Waals surface area contributed by atoms with E-state index in [0.29, 0.717) is 24.0 Å². The molecular formula is C24H26F2N2O5. The Kier molecular flexibility index (Phi) is 7.63. The number of methoxy groups -OCH3 is 1. The predicted octanol–water partition coefficient (Wildman–Crippen LogP) is 3.67. The van der Waals surface area contributed by atoms with Gasteiger partial charge in [-0.1, -0.05) is 32.0 Å². The second kappa shape index (κ2) is 10.4. The molecule has 9 heteroatoms. The smallest absolute Gasteiger partial charge is 0.387 e. The number of hydrogen-bond acceptors (Lipinski definition) is 5. The first-order valence-electron chi connectivity index (χ1n) is 10.6. The number of halogens is 2. The monoisotopic (exact) mass is 460 g/mol. The van der Waals surface area contributed by atoms with Crippen LogP contribution in [0.25, 0.3) is 0 Å². The average molecular weight is 460 g/mol. The van der Waals surface area contributed by atoms with Crippen molar-refractivity contribution in [1.82, 2.24) is 10.2 Å². The van der Waals surface area contributed by atoms with Crippen LogP contribution in [0.1, 0.15) is 46.5 Å². The molecule has 2 aromatic rings. The number of nitrogens with one attached hydrogen (secondary N) is 1. The molecule has 0 aromatic heterocycles. The molecular weight excluding hydrogens is 434 g/mol. The maximum absolute atomic E-state index is 13.0. The fraction of sp³-hybridized carbons (Fsp3) is 0.375. The van der Waals surface area contributed by atoms with E-state index in [1.807, 2.05) is 13.8 Å². The summed E-state index contributed by atoms with van der Waals surface area (Å²) >= 11 is 0. The summed E-state index contributed by atoms with van der Waals surface area (Å²) < 4.78 is 34.5. The number of alkyl halides is 2. The van der Waals surface area contributed by atoms with E-state index in [4.69, 9.17) is 4.74 Å². The molecule has 1 aliphatic heterocycles. The highest BCUT2D eigenvalue weighted by molar-refractivity contribution is 6.22. The largest absolute Gasteiger partial charge is 0.493 e. The maximum atomic E-state index is 13.0. The standard InChI is InChI=1S/C24H26F2N2O5/c1-14(2)12-18(28-22(30)16-6-4-5-7-17(16)23(28)31)21(29)27-11-10-15-8-9-19(33-24(25)26)20(13-15)32-3/h4-9,13-14,18,24H,10-12H2,1-3H3,(H,27,29)/t18-/m0/s1. The topological polar surface area (TPSA) is 84.9 Å². The molecule has 0 saturated heterocycles. The second-order valence-electron chi connectivity index (χ2n) is 8.08. The number of hydrogen-bond donors (Lipinski definition) is 1. The fourth-order valence-corrected chi connectivity index (χ4v) is 3.78. The molecule has 0 saturated carbocycles. The first-order valence-corrected chi connectivity index (χ1v) is 10.6. The number of benzene rings is 2. The Balaban J connectivity index is 1.68. The van der Waals surface area contributed by atoms with Crippen LogP contribution in [-0.2, 0) is 11.2 Å². The number of carbonyl (C=O) groups excluding carboxylic acids is 3. The highest BCUT2D eigenvalue weighted by Crippen LogP contribution is 2.30. The number of nitrogens with zero attached hydrogens (tertiary/aromatic N) is 1. The predicted molar refractivity (Wildman–Crippen MR) is 117 cm³/mol. The first kappa shape index (κ1) is 24.2. The summed E-state index contributed by atoms with van der Waals surface area (Å²) in [5.41, 5.74) is 1.32. The first-order chi connectivity index (χ1) is 15.7. The minimum atomic E-state index is -2.97. The van der Waals surface area contributed by atoms with Crippen molar-refractivity contribution in [3.05, 3.63) is 59.2 Å². The zero-order valence-electron chi connectivity index (χ0n) is 18.6. The molecule has 2 aromatic carbocycles. The highest BCUT2D eigenvalue weighted by atomic mass is 19.3. The van der Waals surface area contributed by atoms with E-state index in [0.717, 1.165) is 10.5 Å². The summed E-state index contributed by atoms with van der Waals surface area (Å²) in [5, 5.41) is 2.79. The molecule has 176 valence electrons. The van der Waals surface area contributed by atoms with Crippen molar-refractivity contribution in [1.29, 1.82) is 0 Å². The Morgan fingerprint density at radius 3 is 2.21 bits per heavy atom. The lowest BCUT2D eigenvalue weighted by Crippen LogP contribution is -2.50. The van der Waals surface area contributed by atoms with Crippen LogP contribution in [0.5, 0.6) is 11.5 Å². The summed E-state index contributed by atoms with van der Waals surface area (Å²) in [6.07, 6.45) is 0.707. The Bertz CT molecular complexity index is 1010. The van der Waals surface area contributed by atoms with Crippen LogP contribution >= 0.6 is 0 Å². The molecule has 3 amide bonds. The Labute approximate surface area is 190 Å². The summed E-state index contributed by atoms with van der Waals surface area (Å²) in [6, 6.07) is 10.1. The van der Waals surface area contributed by atoms with Gasteiger partial charge in [0.15, 0.2) is 11.5 Å². The fourth-order valence-electron chi connectivity index (χ4n) is 3.78. The van der Waals surface area contributed by atoms with Gasteiger partial charge in [0.05, 0.1) is 18.2 Å². The van der Waals surface area contributed by atoms with E-state index >= 15 is 0 Å². The zero-order valence-corrected chi connectivity index (χ0v) is 18.6. The molecule has 1 atom stereocenters. The van der Waals surface area contributed by atoms with Gasteiger partial charge in [-0.25, -0.2) is 0 Å². The Morgan fingerprint density at radius 1 is 1.03 bits per heavy atom. The van der Waals surface area contributed by atoms with Crippen LogP contribution in [0.4, 0.5) is 8.78 Å². The Morgan fingerprint density at radius 2 is 1.67 bits per heavy atom. The molecule has 33 heavy (non-hydrogen) atoms. The minimum Gasteiger partial charge on any atom is -0.493 e. The van der Waals surface area contributed by atoms with Gasteiger partial charge in [-0.05, 0) is 48.6 Å². The third-order valence-corrected chi connectivity index (χ3v) is 5.29. The van der Waals surface area contributed by atoms with Crippen LogP contribution in [-0.4, -0.2) is 48.9 Å². The lowest BCUT2D eigenvalue weighted by Gasteiger charge is -2.26. The quantitative estimate of drug-likeness (QED) is 0.547. The molecule has 0 spiro atoms. The molecule has 0 unspecified atom stereocenters. The molecule has 1 aliphatic rings. The van der Waals surface area contributed by atoms with E-state index < -0.39 is 30.4 Å². The van der Waals surface area contributed by atoms with Gasteiger partial charge in [-0.2, -0.15) is 8.78 Å². The number of amides is 3. The molecule has 0 bridgehead atoms. The van der Waals surface area contributed by atoms with Gasteiger partial charge in [0.1, 0.15) is 6.04 Å². The lowest BCUT2D eigenvalue weighted by molar-refractivity contribution is -0.125. The van der Waals surface area contributed by atoms with Crippen LogP contribution in [0.2, 0.25) is 0 Å². The van der Waals surface area contributed by atoms with Crippen molar-refractivity contribution in [3.8, 4) is 11.5 Å². The van der Waals surface area contributed by atoms with Crippen LogP contribution in [0, 0.1) is 5.92 Å². The number of rotatable bonds is 10. The Hall–Kier alpha value is -3.49. The normalized spacial score (nSPS) is 14.0. The zero-order chi connectivity index (χ0) is 24.1. The van der Waals surface area contributed by atoms with E-state index in [2.05, 4.69) is 10.1 Å².